The van der Waals surface area contributed by atoms with Crippen molar-refractivity contribution < 1.29 is 18.0 Å². The van der Waals surface area contributed by atoms with Crippen LogP contribution < -0.4 is 4.90 Å². The number of carbonyl (C=O) groups excluding carboxylic acids is 1. The SMILES string of the molecule is CC1(C)C(=O)N(c2ccc(C#N)c(C(F)(F)F)c2)C(=S)N1Cc1ccc(Cl)nc1. The van der Waals surface area contributed by atoms with Gasteiger partial charge in [-0.1, -0.05) is 17.7 Å². The van der Waals surface area contributed by atoms with Gasteiger partial charge in [0.2, 0.25) is 0 Å². The fourth-order valence-electron chi connectivity index (χ4n) is 3.01. The molecule has 150 valence electrons. The Morgan fingerprint density at radius 1 is 1.28 bits per heavy atom. The van der Waals surface area contributed by atoms with Crippen molar-refractivity contribution in [3.05, 3.63) is 58.4 Å². The molecule has 29 heavy (non-hydrogen) atoms. The van der Waals surface area contributed by atoms with Crippen LogP contribution in [0.4, 0.5) is 18.9 Å². The fourth-order valence-corrected chi connectivity index (χ4v) is 3.61. The Hall–Kier alpha value is -2.70. The second kappa shape index (κ2) is 7.28. The van der Waals surface area contributed by atoms with Gasteiger partial charge >= 0.3 is 6.18 Å². The number of amides is 1. The van der Waals surface area contributed by atoms with Crippen LogP contribution >= 0.6 is 23.8 Å². The third kappa shape index (κ3) is 3.78. The molecule has 10 heteroatoms. The van der Waals surface area contributed by atoms with E-state index in [1.807, 2.05) is 0 Å². The first kappa shape index (κ1) is 21.0. The van der Waals surface area contributed by atoms with E-state index < -0.39 is 28.7 Å². The molecule has 5 nitrogen and oxygen atoms in total. The molecule has 2 heterocycles. The predicted molar refractivity (Wildman–Crippen MR) is 105 cm³/mol. The number of nitrogens with zero attached hydrogens (tertiary/aromatic N) is 4. The number of halogens is 4. The predicted octanol–water partition coefficient (Wildman–Crippen LogP) is 4.54. The highest BCUT2D eigenvalue weighted by Gasteiger charge is 2.49. The van der Waals surface area contributed by atoms with Gasteiger partial charge < -0.3 is 4.90 Å². The molecular weight excluding hydrogens is 425 g/mol. The summed E-state index contributed by atoms with van der Waals surface area (Å²) < 4.78 is 40.0. The van der Waals surface area contributed by atoms with Gasteiger partial charge in [-0.25, -0.2) is 4.98 Å². The molecule has 1 aromatic heterocycles. The minimum atomic E-state index is -4.74. The van der Waals surface area contributed by atoms with E-state index in [0.29, 0.717) is 5.15 Å². The number of nitriles is 1. The molecule has 0 atom stereocenters. The van der Waals surface area contributed by atoms with Crippen LogP contribution in [0.15, 0.2) is 36.5 Å². The number of pyridine rings is 1. The number of aromatic nitrogens is 1. The molecule has 0 saturated carbocycles. The molecule has 0 bridgehead atoms. The maximum atomic E-state index is 13.3. The number of benzene rings is 1. The van der Waals surface area contributed by atoms with Crippen molar-refractivity contribution in [3.8, 4) is 6.07 Å². The Kier molecular flexibility index (Phi) is 5.28. The van der Waals surface area contributed by atoms with Gasteiger partial charge in [-0.15, -0.1) is 0 Å². The molecule has 1 aliphatic heterocycles. The van der Waals surface area contributed by atoms with Crippen LogP contribution in [0.3, 0.4) is 0 Å². The molecule has 0 unspecified atom stereocenters. The maximum absolute atomic E-state index is 13.3. The second-order valence-corrected chi connectivity index (χ2v) is 7.65. The van der Waals surface area contributed by atoms with E-state index in [2.05, 4.69) is 4.98 Å². The summed E-state index contributed by atoms with van der Waals surface area (Å²) in [6, 6.07) is 7.93. The number of carbonyl (C=O) groups is 1. The lowest BCUT2D eigenvalue weighted by Crippen LogP contribution is -2.43. The summed E-state index contributed by atoms with van der Waals surface area (Å²) in [5.41, 5.74) is -2.05. The third-order valence-electron chi connectivity index (χ3n) is 4.64. The minimum absolute atomic E-state index is 0.0452. The van der Waals surface area contributed by atoms with Crippen LogP contribution in [0.2, 0.25) is 5.15 Å². The lowest BCUT2D eigenvalue weighted by Gasteiger charge is -2.29. The standard InChI is InChI=1S/C19H14ClF3N4OS/c1-18(2)16(28)27(13-5-4-12(8-24)14(7-13)19(21,22)23)17(29)26(18)10-11-3-6-15(20)25-9-11/h3-7,9H,10H2,1-2H3. The van der Waals surface area contributed by atoms with E-state index in [-0.39, 0.29) is 17.3 Å². The number of alkyl halides is 3. The summed E-state index contributed by atoms with van der Waals surface area (Å²) in [7, 11) is 0. The third-order valence-corrected chi connectivity index (χ3v) is 5.27. The van der Waals surface area contributed by atoms with Crippen molar-refractivity contribution in [1.82, 2.24) is 9.88 Å². The Balaban J connectivity index is 2.01. The molecule has 0 spiro atoms. The van der Waals surface area contributed by atoms with Gasteiger partial charge in [0.05, 0.1) is 22.9 Å². The van der Waals surface area contributed by atoms with Crippen molar-refractivity contribution >= 4 is 40.5 Å². The highest BCUT2D eigenvalue weighted by molar-refractivity contribution is 7.80. The molecule has 3 rings (SSSR count). The molecule has 1 aromatic carbocycles. The van der Waals surface area contributed by atoms with Crippen molar-refractivity contribution in [2.75, 3.05) is 4.90 Å². The average Bonchev–Trinajstić information content (AvgIpc) is 2.82. The van der Waals surface area contributed by atoms with Gasteiger partial charge in [-0.05, 0) is 55.9 Å². The zero-order valence-electron chi connectivity index (χ0n) is 15.3. The number of thiocarbonyl (C=S) groups is 1. The molecule has 1 fully saturated rings. The van der Waals surface area contributed by atoms with E-state index in [1.54, 1.807) is 30.9 Å². The normalized spacial score (nSPS) is 16.3. The van der Waals surface area contributed by atoms with Crippen molar-refractivity contribution in [2.45, 2.75) is 32.1 Å². The van der Waals surface area contributed by atoms with Gasteiger partial charge in [0, 0.05) is 12.7 Å². The van der Waals surface area contributed by atoms with E-state index in [0.717, 1.165) is 22.6 Å². The number of hydrogen-bond donors (Lipinski definition) is 0. The zero-order valence-corrected chi connectivity index (χ0v) is 16.9. The Labute approximate surface area is 175 Å². The smallest absolute Gasteiger partial charge is 0.330 e. The first-order valence-corrected chi connectivity index (χ1v) is 9.13. The van der Waals surface area contributed by atoms with Gasteiger partial charge in [0.25, 0.3) is 5.91 Å². The van der Waals surface area contributed by atoms with E-state index in [9.17, 15) is 18.0 Å². The molecule has 0 N–H and O–H groups in total. The van der Waals surface area contributed by atoms with Gasteiger partial charge in [0.15, 0.2) is 5.11 Å². The summed E-state index contributed by atoms with van der Waals surface area (Å²) in [6.45, 7) is 3.50. The summed E-state index contributed by atoms with van der Waals surface area (Å²) in [5, 5.41) is 9.35. The van der Waals surface area contributed by atoms with Gasteiger partial charge in [-0.3, -0.25) is 9.69 Å². The summed E-state index contributed by atoms with van der Waals surface area (Å²) in [5.74, 6) is -0.470. The first-order chi connectivity index (χ1) is 13.5. The fraction of sp³-hybridized carbons (Fsp3) is 0.263. The number of rotatable bonds is 3. The Bertz CT molecular complexity index is 1030. The first-order valence-electron chi connectivity index (χ1n) is 8.34. The summed E-state index contributed by atoms with van der Waals surface area (Å²) in [4.78, 5) is 19.7. The van der Waals surface area contributed by atoms with Crippen molar-refractivity contribution in [3.63, 3.8) is 0 Å². The van der Waals surface area contributed by atoms with Crippen LogP contribution in [-0.4, -0.2) is 26.4 Å². The molecule has 1 amide bonds. The number of hydrogen-bond acceptors (Lipinski definition) is 4. The second-order valence-electron chi connectivity index (χ2n) is 6.90. The maximum Gasteiger partial charge on any atom is 0.417 e. The Morgan fingerprint density at radius 3 is 2.52 bits per heavy atom. The van der Waals surface area contributed by atoms with E-state index in [1.165, 1.54) is 18.3 Å². The molecule has 1 saturated heterocycles. The molecular formula is C19H14ClF3N4OS. The molecule has 0 aliphatic carbocycles. The van der Waals surface area contributed by atoms with Crippen molar-refractivity contribution in [2.24, 2.45) is 0 Å². The molecule has 0 radical (unpaired) electrons. The van der Waals surface area contributed by atoms with Crippen molar-refractivity contribution in [1.29, 1.82) is 5.26 Å². The quantitative estimate of drug-likeness (QED) is 0.520. The Morgan fingerprint density at radius 2 is 1.97 bits per heavy atom. The van der Waals surface area contributed by atoms with Gasteiger partial charge in [0.1, 0.15) is 10.7 Å². The highest BCUT2D eigenvalue weighted by Crippen LogP contribution is 2.38. The van der Waals surface area contributed by atoms with Crippen LogP contribution in [0, 0.1) is 11.3 Å². The average molecular weight is 439 g/mol. The van der Waals surface area contributed by atoms with Crippen LogP contribution in [0.5, 0.6) is 0 Å². The largest absolute Gasteiger partial charge is 0.417 e. The van der Waals surface area contributed by atoms with Crippen LogP contribution in [0.25, 0.3) is 0 Å². The van der Waals surface area contributed by atoms with Crippen LogP contribution in [-0.2, 0) is 17.5 Å². The van der Waals surface area contributed by atoms with E-state index in [4.69, 9.17) is 29.1 Å². The van der Waals surface area contributed by atoms with Crippen LogP contribution in [0.1, 0.15) is 30.5 Å². The molecule has 2 aromatic rings. The monoisotopic (exact) mass is 438 g/mol. The summed E-state index contributed by atoms with van der Waals surface area (Å²) in [6.07, 6.45) is -3.20. The number of anilines is 1. The lowest BCUT2D eigenvalue weighted by atomic mass is 10.0. The minimum Gasteiger partial charge on any atom is -0.330 e. The highest BCUT2D eigenvalue weighted by atomic mass is 35.5. The lowest BCUT2D eigenvalue weighted by molar-refractivity contribution is -0.137. The topological polar surface area (TPSA) is 60.2 Å². The van der Waals surface area contributed by atoms with Gasteiger partial charge in [-0.2, -0.15) is 18.4 Å². The zero-order chi connectivity index (χ0) is 21.6. The molecule has 1 aliphatic rings. The van der Waals surface area contributed by atoms with E-state index >= 15 is 0 Å². The summed E-state index contributed by atoms with van der Waals surface area (Å²) >= 11 is 11.2.